The van der Waals surface area contributed by atoms with Gasteiger partial charge >= 0.3 is 0 Å². The van der Waals surface area contributed by atoms with Gasteiger partial charge in [-0.05, 0) is 60.1 Å². The smallest absolute Gasteiger partial charge is 0.0635 e. The Morgan fingerprint density at radius 2 is 2.41 bits per heavy atom. The summed E-state index contributed by atoms with van der Waals surface area (Å²) in [5.41, 5.74) is 1.37. The van der Waals surface area contributed by atoms with Crippen molar-refractivity contribution in [2.75, 3.05) is 13.1 Å². The van der Waals surface area contributed by atoms with Crippen molar-refractivity contribution in [1.29, 1.82) is 0 Å². The third-order valence-corrected chi connectivity index (χ3v) is 4.44. The van der Waals surface area contributed by atoms with Crippen LogP contribution in [0.1, 0.15) is 32.4 Å². The molecular formula is C13H22BrN3. The number of nitrogens with one attached hydrogen (secondary N) is 1. The van der Waals surface area contributed by atoms with Crippen molar-refractivity contribution in [3.8, 4) is 0 Å². The Hall–Kier alpha value is -0.350. The molecule has 0 bridgehead atoms. The molecule has 2 atom stereocenters. The highest BCUT2D eigenvalue weighted by Crippen LogP contribution is 2.26. The van der Waals surface area contributed by atoms with Gasteiger partial charge < -0.3 is 5.32 Å². The van der Waals surface area contributed by atoms with Crippen molar-refractivity contribution in [2.45, 2.75) is 39.7 Å². The van der Waals surface area contributed by atoms with Crippen LogP contribution in [0.3, 0.4) is 0 Å². The standard InChI is InChI=1S/C13H22BrN3/c1-3-6-17-13(12(14)9-16-17)7-11-8-15-5-4-10(11)2/h9-11,15H,3-8H2,1-2H3. The van der Waals surface area contributed by atoms with Crippen molar-refractivity contribution >= 4 is 15.9 Å². The maximum atomic E-state index is 4.45. The number of hydrogen-bond acceptors (Lipinski definition) is 2. The molecule has 0 saturated carbocycles. The van der Waals surface area contributed by atoms with Gasteiger partial charge in [0.2, 0.25) is 0 Å². The minimum atomic E-state index is 0.743. The summed E-state index contributed by atoms with van der Waals surface area (Å²) in [5, 5.41) is 7.95. The van der Waals surface area contributed by atoms with Crippen LogP contribution in [0.5, 0.6) is 0 Å². The zero-order chi connectivity index (χ0) is 12.3. The molecule has 0 aromatic carbocycles. The summed E-state index contributed by atoms with van der Waals surface area (Å²) in [5.74, 6) is 1.56. The second kappa shape index (κ2) is 6.01. The van der Waals surface area contributed by atoms with Crippen molar-refractivity contribution in [3.05, 3.63) is 16.4 Å². The molecule has 17 heavy (non-hydrogen) atoms. The lowest BCUT2D eigenvalue weighted by Gasteiger charge is -2.29. The first-order valence-corrected chi connectivity index (χ1v) is 7.42. The van der Waals surface area contributed by atoms with Gasteiger partial charge in [-0.15, -0.1) is 0 Å². The van der Waals surface area contributed by atoms with Gasteiger partial charge in [-0.2, -0.15) is 5.10 Å². The van der Waals surface area contributed by atoms with Crippen LogP contribution in [0.15, 0.2) is 10.7 Å². The average Bonchev–Trinajstić information content (AvgIpc) is 2.65. The molecule has 2 unspecified atom stereocenters. The van der Waals surface area contributed by atoms with E-state index in [4.69, 9.17) is 0 Å². The minimum Gasteiger partial charge on any atom is -0.316 e. The molecule has 1 aromatic rings. The second-order valence-electron chi connectivity index (χ2n) is 5.10. The number of aromatic nitrogens is 2. The molecule has 1 aliphatic heterocycles. The predicted molar refractivity (Wildman–Crippen MR) is 74.1 cm³/mol. The fraction of sp³-hybridized carbons (Fsp3) is 0.769. The van der Waals surface area contributed by atoms with Crippen LogP contribution in [-0.4, -0.2) is 22.9 Å². The Kier molecular flexibility index (Phi) is 4.62. The van der Waals surface area contributed by atoms with Crippen LogP contribution >= 0.6 is 15.9 Å². The molecule has 3 nitrogen and oxygen atoms in total. The third kappa shape index (κ3) is 3.10. The van der Waals surface area contributed by atoms with Crippen LogP contribution in [0, 0.1) is 11.8 Å². The van der Waals surface area contributed by atoms with Gasteiger partial charge in [0.05, 0.1) is 16.4 Å². The molecule has 1 aromatic heterocycles. The Balaban J connectivity index is 2.08. The largest absolute Gasteiger partial charge is 0.316 e. The van der Waals surface area contributed by atoms with Crippen LogP contribution < -0.4 is 5.32 Å². The molecule has 1 aliphatic rings. The molecule has 4 heteroatoms. The van der Waals surface area contributed by atoms with Crippen LogP contribution in [0.25, 0.3) is 0 Å². The number of rotatable bonds is 4. The van der Waals surface area contributed by atoms with Crippen LogP contribution in [0.4, 0.5) is 0 Å². The summed E-state index contributed by atoms with van der Waals surface area (Å²) >= 11 is 3.63. The fourth-order valence-corrected chi connectivity index (χ4v) is 3.03. The first-order chi connectivity index (χ1) is 8.22. The average molecular weight is 300 g/mol. The lowest BCUT2D eigenvalue weighted by atomic mass is 9.85. The fourth-order valence-electron chi connectivity index (χ4n) is 2.57. The highest BCUT2D eigenvalue weighted by atomic mass is 79.9. The van der Waals surface area contributed by atoms with E-state index in [9.17, 15) is 0 Å². The highest BCUT2D eigenvalue weighted by Gasteiger charge is 2.23. The molecule has 0 radical (unpaired) electrons. The lowest BCUT2D eigenvalue weighted by Crippen LogP contribution is -2.36. The molecule has 0 spiro atoms. The summed E-state index contributed by atoms with van der Waals surface area (Å²) in [6.07, 6.45) is 5.50. The molecule has 0 aliphatic carbocycles. The van der Waals surface area contributed by atoms with Crippen molar-refractivity contribution < 1.29 is 0 Å². The number of halogens is 1. The Morgan fingerprint density at radius 3 is 3.12 bits per heavy atom. The number of hydrogen-bond donors (Lipinski definition) is 1. The van der Waals surface area contributed by atoms with Gasteiger partial charge in [-0.1, -0.05) is 13.8 Å². The normalized spacial score (nSPS) is 25.1. The number of nitrogens with zero attached hydrogens (tertiary/aromatic N) is 2. The minimum absolute atomic E-state index is 0.743. The van der Waals surface area contributed by atoms with E-state index in [-0.39, 0.29) is 0 Å². The molecule has 2 rings (SSSR count). The molecule has 1 fully saturated rings. The summed E-state index contributed by atoms with van der Waals surface area (Å²) in [7, 11) is 0. The lowest BCUT2D eigenvalue weighted by molar-refractivity contribution is 0.267. The maximum Gasteiger partial charge on any atom is 0.0635 e. The summed E-state index contributed by atoms with van der Waals surface area (Å²) in [6, 6.07) is 0. The predicted octanol–water partition coefficient (Wildman–Crippen LogP) is 2.84. The molecule has 0 amide bonds. The van der Waals surface area contributed by atoms with Gasteiger partial charge in [0.1, 0.15) is 0 Å². The maximum absolute atomic E-state index is 4.45. The van der Waals surface area contributed by atoms with Crippen molar-refractivity contribution in [3.63, 3.8) is 0 Å². The summed E-state index contributed by atoms with van der Waals surface area (Å²) in [6.45, 7) is 7.91. The van der Waals surface area contributed by atoms with E-state index < -0.39 is 0 Å². The topological polar surface area (TPSA) is 29.9 Å². The molecule has 1 N–H and O–H groups in total. The second-order valence-corrected chi connectivity index (χ2v) is 5.95. The van der Waals surface area contributed by atoms with Gasteiger partial charge in [-0.25, -0.2) is 0 Å². The summed E-state index contributed by atoms with van der Waals surface area (Å²) in [4.78, 5) is 0. The monoisotopic (exact) mass is 299 g/mol. The summed E-state index contributed by atoms with van der Waals surface area (Å²) < 4.78 is 3.33. The third-order valence-electron chi connectivity index (χ3n) is 3.78. The zero-order valence-corrected chi connectivity index (χ0v) is 12.3. The van der Waals surface area contributed by atoms with Gasteiger partial charge in [-0.3, -0.25) is 4.68 Å². The molecule has 2 heterocycles. The number of piperidine rings is 1. The highest BCUT2D eigenvalue weighted by molar-refractivity contribution is 9.10. The Bertz CT molecular complexity index is 362. The van der Waals surface area contributed by atoms with Crippen LogP contribution in [-0.2, 0) is 13.0 Å². The van der Waals surface area contributed by atoms with Crippen molar-refractivity contribution in [1.82, 2.24) is 15.1 Å². The van der Waals surface area contributed by atoms with Gasteiger partial charge in [0.15, 0.2) is 0 Å². The van der Waals surface area contributed by atoms with Gasteiger partial charge in [0, 0.05) is 6.54 Å². The molecular weight excluding hydrogens is 278 g/mol. The molecule has 96 valence electrons. The quantitative estimate of drug-likeness (QED) is 0.926. The van der Waals surface area contributed by atoms with Gasteiger partial charge in [0.25, 0.3) is 0 Å². The Morgan fingerprint density at radius 1 is 1.59 bits per heavy atom. The van der Waals surface area contributed by atoms with Crippen LogP contribution in [0.2, 0.25) is 0 Å². The first kappa shape index (κ1) is 13.1. The molecule has 1 saturated heterocycles. The Labute approximate surface area is 112 Å². The van der Waals surface area contributed by atoms with E-state index in [1.807, 2.05) is 6.20 Å². The van der Waals surface area contributed by atoms with E-state index in [1.54, 1.807) is 0 Å². The van der Waals surface area contributed by atoms with E-state index >= 15 is 0 Å². The zero-order valence-electron chi connectivity index (χ0n) is 10.7. The van der Waals surface area contributed by atoms with E-state index in [2.05, 4.69) is 44.9 Å². The van der Waals surface area contributed by atoms with E-state index in [0.717, 1.165) is 37.8 Å². The van der Waals surface area contributed by atoms with E-state index in [0.29, 0.717) is 0 Å². The first-order valence-electron chi connectivity index (χ1n) is 6.63. The SMILES string of the molecule is CCCn1ncc(Br)c1CC1CNCCC1C. The van der Waals surface area contributed by atoms with Crippen molar-refractivity contribution in [2.24, 2.45) is 11.8 Å². The van der Waals surface area contributed by atoms with E-state index in [1.165, 1.54) is 23.1 Å². The number of aryl methyl sites for hydroxylation is 1.